The van der Waals surface area contributed by atoms with Crippen LogP contribution in [-0.4, -0.2) is 11.6 Å². The molecule has 19 heavy (non-hydrogen) atoms. The minimum atomic E-state index is 0.824. The van der Waals surface area contributed by atoms with Gasteiger partial charge < -0.3 is 10.1 Å². The van der Waals surface area contributed by atoms with E-state index in [-0.39, 0.29) is 0 Å². The Bertz CT molecular complexity index is 431. The molecule has 3 heteroatoms. The van der Waals surface area contributed by atoms with Gasteiger partial charge in [-0.05, 0) is 49.4 Å². The van der Waals surface area contributed by atoms with Crippen LogP contribution in [0.3, 0.4) is 0 Å². The molecule has 0 unspecified atom stereocenters. The predicted molar refractivity (Wildman–Crippen MR) is 85.2 cm³/mol. The molecular formula is C16H23NOS. The van der Waals surface area contributed by atoms with Crippen LogP contribution in [0.1, 0.15) is 51.0 Å². The summed E-state index contributed by atoms with van der Waals surface area (Å²) in [4.78, 5) is 0.951. The summed E-state index contributed by atoms with van der Waals surface area (Å²) in [5, 5.41) is 3.31. The normalized spacial score (nSPS) is 14.5. The summed E-state index contributed by atoms with van der Waals surface area (Å²) in [7, 11) is 0. The number of anilines is 1. The monoisotopic (exact) mass is 277 g/mol. The van der Waals surface area contributed by atoms with Gasteiger partial charge in [-0.3, -0.25) is 0 Å². The molecule has 0 saturated carbocycles. The Labute approximate surface area is 121 Å². The molecule has 1 N–H and O–H groups in total. The zero-order valence-corrected chi connectivity index (χ0v) is 12.5. The van der Waals surface area contributed by atoms with E-state index in [9.17, 15) is 0 Å². The Morgan fingerprint density at radius 1 is 1.21 bits per heavy atom. The molecule has 0 bridgehead atoms. The Balaban J connectivity index is 1.89. The summed E-state index contributed by atoms with van der Waals surface area (Å²) in [5.41, 5.74) is 2.48. The quantitative estimate of drug-likeness (QED) is 0.600. The van der Waals surface area contributed by atoms with Gasteiger partial charge in [-0.1, -0.05) is 38.4 Å². The second kappa shape index (κ2) is 7.49. The van der Waals surface area contributed by atoms with Crippen LogP contribution in [-0.2, 0) is 6.42 Å². The smallest absolute Gasteiger partial charge is 0.119 e. The molecule has 104 valence electrons. The molecule has 0 atom stereocenters. The molecule has 0 fully saturated rings. The number of benzene rings is 1. The highest BCUT2D eigenvalue weighted by molar-refractivity contribution is 7.80. The molecule has 0 amide bonds. The fourth-order valence-corrected chi connectivity index (χ4v) is 2.61. The van der Waals surface area contributed by atoms with E-state index in [1.54, 1.807) is 0 Å². The van der Waals surface area contributed by atoms with E-state index >= 15 is 0 Å². The first kappa shape index (κ1) is 14.3. The third kappa shape index (κ3) is 4.50. The van der Waals surface area contributed by atoms with Gasteiger partial charge >= 0.3 is 0 Å². The average molecular weight is 277 g/mol. The van der Waals surface area contributed by atoms with E-state index < -0.39 is 0 Å². The van der Waals surface area contributed by atoms with Gasteiger partial charge in [0.15, 0.2) is 0 Å². The Kier molecular flexibility index (Phi) is 5.64. The molecule has 1 aliphatic rings. The highest BCUT2D eigenvalue weighted by Crippen LogP contribution is 2.26. The number of unbranched alkanes of at least 4 members (excludes halogenated alkanes) is 3. The van der Waals surface area contributed by atoms with Gasteiger partial charge in [-0.2, -0.15) is 0 Å². The molecule has 1 heterocycles. The number of fused-ring (bicyclic) bond motifs is 1. The lowest BCUT2D eigenvalue weighted by atomic mass is 10.1. The second-order valence-electron chi connectivity index (χ2n) is 5.13. The van der Waals surface area contributed by atoms with E-state index in [1.165, 1.54) is 24.8 Å². The summed E-state index contributed by atoms with van der Waals surface area (Å²) in [6, 6.07) is 6.30. The lowest BCUT2D eigenvalue weighted by Crippen LogP contribution is -2.06. The van der Waals surface area contributed by atoms with Crippen LogP contribution in [0.4, 0.5) is 5.69 Å². The van der Waals surface area contributed by atoms with E-state index in [1.807, 2.05) is 6.07 Å². The van der Waals surface area contributed by atoms with Gasteiger partial charge in [0.25, 0.3) is 0 Å². The number of hydrogen-bond donors (Lipinski definition) is 1. The standard InChI is InChI=1S/C16H23NOS/c1-2-3-4-5-11-18-14-9-10-15-13(12-14)7-6-8-16(19)17-15/h9-10,12H,2-8,11H2,1H3,(H,17,19). The van der Waals surface area contributed by atoms with Crippen LogP contribution in [0, 0.1) is 0 Å². The molecular weight excluding hydrogens is 254 g/mol. The topological polar surface area (TPSA) is 21.3 Å². The van der Waals surface area contributed by atoms with Crippen molar-refractivity contribution in [1.82, 2.24) is 0 Å². The van der Waals surface area contributed by atoms with Gasteiger partial charge in [0.1, 0.15) is 5.75 Å². The zero-order chi connectivity index (χ0) is 13.5. The molecule has 0 aliphatic carbocycles. The van der Waals surface area contributed by atoms with Crippen molar-refractivity contribution >= 4 is 22.9 Å². The van der Waals surface area contributed by atoms with Crippen LogP contribution in [0.25, 0.3) is 0 Å². The van der Waals surface area contributed by atoms with Gasteiger partial charge in [0.05, 0.1) is 11.6 Å². The SMILES string of the molecule is CCCCCCOc1ccc2c(c1)CCCC(=S)N2. The van der Waals surface area contributed by atoms with Crippen LogP contribution in [0.15, 0.2) is 18.2 Å². The van der Waals surface area contributed by atoms with Gasteiger partial charge in [-0.15, -0.1) is 0 Å². The van der Waals surface area contributed by atoms with Crippen molar-refractivity contribution in [3.05, 3.63) is 23.8 Å². The molecule has 1 aromatic carbocycles. The van der Waals surface area contributed by atoms with Gasteiger partial charge in [0.2, 0.25) is 0 Å². The van der Waals surface area contributed by atoms with E-state index in [0.29, 0.717) is 0 Å². The molecule has 0 aromatic heterocycles. The van der Waals surface area contributed by atoms with Gasteiger partial charge in [0, 0.05) is 5.69 Å². The van der Waals surface area contributed by atoms with Crippen molar-refractivity contribution in [2.45, 2.75) is 51.9 Å². The second-order valence-corrected chi connectivity index (χ2v) is 5.62. The Morgan fingerprint density at radius 3 is 2.95 bits per heavy atom. The average Bonchev–Trinajstić information content (AvgIpc) is 2.59. The number of rotatable bonds is 6. The van der Waals surface area contributed by atoms with E-state index in [0.717, 1.165) is 48.7 Å². The first-order valence-corrected chi connectivity index (χ1v) is 7.76. The first-order valence-electron chi connectivity index (χ1n) is 7.35. The van der Waals surface area contributed by atoms with E-state index in [4.69, 9.17) is 17.0 Å². The minimum absolute atomic E-state index is 0.824. The molecule has 0 radical (unpaired) electrons. The number of thiocarbonyl (C=S) groups is 1. The summed E-state index contributed by atoms with van der Waals surface area (Å²) < 4.78 is 5.83. The maximum Gasteiger partial charge on any atom is 0.119 e. The maximum absolute atomic E-state index is 5.83. The minimum Gasteiger partial charge on any atom is -0.494 e. The molecule has 1 aromatic rings. The van der Waals surface area contributed by atoms with E-state index in [2.05, 4.69) is 24.4 Å². The molecule has 0 spiro atoms. The highest BCUT2D eigenvalue weighted by atomic mass is 32.1. The summed E-state index contributed by atoms with van der Waals surface area (Å²) in [5.74, 6) is 0.991. The fourth-order valence-electron chi connectivity index (χ4n) is 2.36. The van der Waals surface area contributed by atoms with Crippen molar-refractivity contribution in [2.24, 2.45) is 0 Å². The van der Waals surface area contributed by atoms with Crippen molar-refractivity contribution in [3.63, 3.8) is 0 Å². The molecule has 2 nitrogen and oxygen atoms in total. The summed E-state index contributed by atoms with van der Waals surface area (Å²) in [6.45, 7) is 3.05. The Morgan fingerprint density at radius 2 is 2.11 bits per heavy atom. The predicted octanol–water partition coefficient (Wildman–Crippen LogP) is 4.72. The molecule has 0 saturated heterocycles. The van der Waals surface area contributed by atoms with Crippen LogP contribution < -0.4 is 10.1 Å². The zero-order valence-electron chi connectivity index (χ0n) is 11.7. The third-order valence-electron chi connectivity index (χ3n) is 3.47. The number of nitrogens with one attached hydrogen (secondary N) is 1. The van der Waals surface area contributed by atoms with Crippen LogP contribution in [0.5, 0.6) is 5.75 Å². The number of hydrogen-bond acceptors (Lipinski definition) is 2. The van der Waals surface area contributed by atoms with Crippen molar-refractivity contribution < 1.29 is 4.74 Å². The van der Waals surface area contributed by atoms with Gasteiger partial charge in [-0.25, -0.2) is 0 Å². The Hall–Kier alpha value is -1.09. The molecule has 2 rings (SSSR count). The largest absolute Gasteiger partial charge is 0.494 e. The van der Waals surface area contributed by atoms with Crippen LogP contribution >= 0.6 is 12.2 Å². The number of aryl methyl sites for hydroxylation is 1. The van der Waals surface area contributed by atoms with Crippen LogP contribution in [0.2, 0.25) is 0 Å². The number of ether oxygens (including phenoxy) is 1. The highest BCUT2D eigenvalue weighted by Gasteiger charge is 2.11. The van der Waals surface area contributed by atoms with Crippen molar-refractivity contribution in [3.8, 4) is 5.75 Å². The third-order valence-corrected chi connectivity index (χ3v) is 3.77. The lowest BCUT2D eigenvalue weighted by Gasteiger charge is -2.11. The van der Waals surface area contributed by atoms with Crippen molar-refractivity contribution in [2.75, 3.05) is 11.9 Å². The first-order chi connectivity index (χ1) is 9.29. The fraction of sp³-hybridized carbons (Fsp3) is 0.562. The summed E-state index contributed by atoms with van der Waals surface area (Å²) in [6.07, 6.45) is 8.16. The molecule has 1 aliphatic heterocycles. The van der Waals surface area contributed by atoms with Crippen molar-refractivity contribution in [1.29, 1.82) is 0 Å². The maximum atomic E-state index is 5.83. The lowest BCUT2D eigenvalue weighted by molar-refractivity contribution is 0.305. The summed E-state index contributed by atoms with van der Waals surface area (Å²) >= 11 is 5.27.